The fraction of sp³-hybridized carbons (Fsp3) is 0.462. The van der Waals surface area contributed by atoms with Crippen molar-refractivity contribution < 1.29 is 19.0 Å². The zero-order valence-electron chi connectivity index (χ0n) is 18.9. The third-order valence-electron chi connectivity index (χ3n) is 5.25. The van der Waals surface area contributed by atoms with Crippen molar-refractivity contribution in [3.63, 3.8) is 0 Å². The number of rotatable bonds is 13. The Hall–Kier alpha value is -3.00. The lowest BCUT2D eigenvalue weighted by atomic mass is 9.72. The van der Waals surface area contributed by atoms with E-state index < -0.39 is 5.41 Å². The third-order valence-corrected chi connectivity index (χ3v) is 5.25. The van der Waals surface area contributed by atoms with Gasteiger partial charge in [-0.15, -0.1) is 0 Å². The van der Waals surface area contributed by atoms with Gasteiger partial charge in [-0.2, -0.15) is 5.26 Å². The summed E-state index contributed by atoms with van der Waals surface area (Å²) < 4.78 is 16.1. The highest BCUT2D eigenvalue weighted by molar-refractivity contribution is 5.69. The van der Waals surface area contributed by atoms with E-state index in [-0.39, 0.29) is 5.97 Å². The van der Waals surface area contributed by atoms with Crippen LogP contribution in [0.25, 0.3) is 0 Å². The average molecular weight is 424 g/mol. The molecule has 31 heavy (non-hydrogen) atoms. The number of nitriles is 1. The van der Waals surface area contributed by atoms with Crippen molar-refractivity contribution in [2.24, 2.45) is 0 Å². The average Bonchev–Trinajstić information content (AvgIpc) is 2.78. The van der Waals surface area contributed by atoms with E-state index in [1.807, 2.05) is 69.3 Å². The van der Waals surface area contributed by atoms with Gasteiger partial charge in [0.15, 0.2) is 0 Å². The van der Waals surface area contributed by atoms with Gasteiger partial charge >= 0.3 is 5.97 Å². The number of unbranched alkanes of at least 4 members (excludes halogenated alkanes) is 2. The van der Waals surface area contributed by atoms with E-state index in [4.69, 9.17) is 14.2 Å². The minimum absolute atomic E-state index is 0.160. The van der Waals surface area contributed by atoms with Crippen molar-refractivity contribution >= 4 is 5.97 Å². The molecule has 0 spiro atoms. The fourth-order valence-electron chi connectivity index (χ4n) is 3.71. The lowest BCUT2D eigenvalue weighted by molar-refractivity contribution is -0.143. The highest BCUT2D eigenvalue weighted by Crippen LogP contribution is 2.38. The molecule has 0 amide bonds. The van der Waals surface area contributed by atoms with Gasteiger partial charge in [0.2, 0.25) is 0 Å². The van der Waals surface area contributed by atoms with Crippen LogP contribution >= 0.6 is 0 Å². The van der Waals surface area contributed by atoms with Crippen LogP contribution < -0.4 is 9.47 Å². The summed E-state index contributed by atoms with van der Waals surface area (Å²) in [7, 11) is 0. The van der Waals surface area contributed by atoms with Crippen LogP contribution in [-0.4, -0.2) is 25.8 Å². The van der Waals surface area contributed by atoms with Crippen LogP contribution in [0.4, 0.5) is 0 Å². The zero-order valence-corrected chi connectivity index (χ0v) is 18.9. The van der Waals surface area contributed by atoms with Gasteiger partial charge < -0.3 is 14.2 Å². The third kappa shape index (κ3) is 6.75. The molecule has 0 radical (unpaired) electrons. The number of carbonyl (C=O) groups excluding carboxylic acids is 1. The van der Waals surface area contributed by atoms with Gasteiger partial charge in [-0.25, -0.2) is 0 Å². The Balaban J connectivity index is 2.23. The van der Waals surface area contributed by atoms with Gasteiger partial charge in [0, 0.05) is 6.42 Å². The Labute approximate surface area is 185 Å². The molecule has 0 saturated carbocycles. The second-order valence-corrected chi connectivity index (χ2v) is 7.30. The number of benzene rings is 2. The monoisotopic (exact) mass is 423 g/mol. The van der Waals surface area contributed by atoms with Crippen molar-refractivity contribution in [2.75, 3.05) is 19.8 Å². The molecule has 2 aromatic carbocycles. The first-order valence-corrected chi connectivity index (χ1v) is 11.1. The van der Waals surface area contributed by atoms with Crippen LogP contribution in [0.1, 0.15) is 64.0 Å². The Bertz CT molecular complexity index is 788. The SMILES string of the molecule is CCOC(=O)CCCCCC(C#N)(c1ccc(OCC)cc1)c1ccc(OCC)cc1. The molecule has 0 aromatic heterocycles. The molecule has 5 nitrogen and oxygen atoms in total. The van der Waals surface area contributed by atoms with Crippen LogP contribution in [-0.2, 0) is 14.9 Å². The molecule has 2 aromatic rings. The van der Waals surface area contributed by atoms with E-state index >= 15 is 0 Å². The number of hydrogen-bond acceptors (Lipinski definition) is 5. The van der Waals surface area contributed by atoms with Gasteiger partial charge in [-0.1, -0.05) is 37.1 Å². The maximum atomic E-state index is 11.6. The van der Waals surface area contributed by atoms with Crippen LogP contribution in [0.3, 0.4) is 0 Å². The molecule has 0 N–H and O–H groups in total. The molecule has 0 unspecified atom stereocenters. The van der Waals surface area contributed by atoms with Crippen molar-refractivity contribution in [3.8, 4) is 17.6 Å². The maximum absolute atomic E-state index is 11.6. The fourth-order valence-corrected chi connectivity index (χ4v) is 3.71. The molecule has 0 aliphatic rings. The molecule has 0 heterocycles. The van der Waals surface area contributed by atoms with Crippen LogP contribution in [0.2, 0.25) is 0 Å². The number of hydrogen-bond donors (Lipinski definition) is 0. The summed E-state index contributed by atoms with van der Waals surface area (Å²) >= 11 is 0. The molecule has 0 atom stereocenters. The van der Waals surface area contributed by atoms with Gasteiger partial charge in [0.05, 0.1) is 25.9 Å². The standard InChI is InChI=1S/C26H33NO4/c1-4-29-23-15-11-21(12-16-23)26(20-27,19-9-7-8-10-25(28)31-6-3)22-13-17-24(18-14-22)30-5-2/h11-18H,4-10,19H2,1-3H3. The van der Waals surface area contributed by atoms with Crippen molar-refractivity contribution in [1.29, 1.82) is 5.26 Å². The summed E-state index contributed by atoms with van der Waals surface area (Å²) in [6.07, 6.45) is 3.52. The molecule has 0 aliphatic carbocycles. The number of carbonyl (C=O) groups is 1. The number of ether oxygens (including phenoxy) is 3. The van der Waals surface area contributed by atoms with Crippen molar-refractivity contribution in [2.45, 2.75) is 58.3 Å². The summed E-state index contributed by atoms with van der Waals surface area (Å²) in [6, 6.07) is 18.2. The predicted octanol–water partition coefficient (Wildman–Crippen LogP) is 5.81. The molecule has 5 heteroatoms. The summed E-state index contributed by atoms with van der Waals surface area (Å²) in [5.74, 6) is 1.42. The first-order valence-electron chi connectivity index (χ1n) is 11.1. The van der Waals surface area contributed by atoms with Crippen molar-refractivity contribution in [3.05, 3.63) is 59.7 Å². The highest BCUT2D eigenvalue weighted by atomic mass is 16.5. The molecule has 2 rings (SSSR count). The highest BCUT2D eigenvalue weighted by Gasteiger charge is 2.34. The van der Waals surface area contributed by atoms with Crippen LogP contribution in [0.5, 0.6) is 11.5 Å². The summed E-state index contributed by atoms with van der Waals surface area (Å²) in [5.41, 5.74) is 1.10. The van der Waals surface area contributed by atoms with Gasteiger partial charge in [-0.05, 0) is 69.0 Å². The largest absolute Gasteiger partial charge is 0.494 e. The number of esters is 1. The lowest BCUT2D eigenvalue weighted by Crippen LogP contribution is -2.26. The maximum Gasteiger partial charge on any atom is 0.305 e. The molecule has 0 bridgehead atoms. The van der Waals surface area contributed by atoms with E-state index in [2.05, 4.69) is 6.07 Å². The molecule has 0 saturated heterocycles. The van der Waals surface area contributed by atoms with Gasteiger partial charge in [-0.3, -0.25) is 4.79 Å². The molecular weight excluding hydrogens is 390 g/mol. The summed E-state index contributed by atoms with van der Waals surface area (Å²) in [5, 5.41) is 10.4. The first kappa shape index (κ1) is 24.3. The van der Waals surface area contributed by atoms with Crippen LogP contribution in [0.15, 0.2) is 48.5 Å². The Morgan fingerprint density at radius 1 is 0.806 bits per heavy atom. The predicted molar refractivity (Wildman–Crippen MR) is 121 cm³/mol. The van der Waals surface area contributed by atoms with Gasteiger partial charge in [0.1, 0.15) is 16.9 Å². The summed E-state index contributed by atoms with van der Waals surface area (Å²) in [4.78, 5) is 11.6. The Morgan fingerprint density at radius 3 is 1.74 bits per heavy atom. The minimum Gasteiger partial charge on any atom is -0.494 e. The van der Waals surface area contributed by atoms with E-state index in [9.17, 15) is 10.1 Å². The topological polar surface area (TPSA) is 68.6 Å². The Morgan fingerprint density at radius 2 is 1.32 bits per heavy atom. The first-order chi connectivity index (χ1) is 15.1. The second-order valence-electron chi connectivity index (χ2n) is 7.30. The van der Waals surface area contributed by atoms with E-state index in [1.165, 1.54) is 0 Å². The second kappa shape index (κ2) is 12.6. The molecular formula is C26H33NO4. The van der Waals surface area contributed by atoms with E-state index in [0.29, 0.717) is 32.7 Å². The molecule has 0 fully saturated rings. The van der Waals surface area contributed by atoms with Crippen molar-refractivity contribution in [1.82, 2.24) is 0 Å². The molecule has 166 valence electrons. The number of nitrogens with zero attached hydrogens (tertiary/aromatic N) is 1. The Kier molecular flexibility index (Phi) is 9.90. The zero-order chi connectivity index (χ0) is 22.5. The smallest absolute Gasteiger partial charge is 0.305 e. The quantitative estimate of drug-likeness (QED) is 0.300. The lowest BCUT2D eigenvalue weighted by Gasteiger charge is -2.28. The van der Waals surface area contributed by atoms with Crippen LogP contribution in [0, 0.1) is 11.3 Å². The van der Waals surface area contributed by atoms with Gasteiger partial charge in [0.25, 0.3) is 0 Å². The normalized spacial score (nSPS) is 10.9. The minimum atomic E-state index is -0.778. The van der Waals surface area contributed by atoms with E-state index in [0.717, 1.165) is 41.9 Å². The molecule has 0 aliphatic heterocycles. The van der Waals surface area contributed by atoms with E-state index in [1.54, 1.807) is 0 Å². The summed E-state index contributed by atoms with van der Waals surface area (Å²) in [6.45, 7) is 7.32.